The summed E-state index contributed by atoms with van der Waals surface area (Å²) in [6.45, 7) is 6.26. The van der Waals surface area contributed by atoms with E-state index in [9.17, 15) is 9.90 Å². The van der Waals surface area contributed by atoms with Crippen LogP contribution in [0.5, 0.6) is 0 Å². The fraction of sp³-hybridized carbons (Fsp3) is 0.600. The first-order valence-corrected chi connectivity index (χ1v) is 9.96. The SMILES string of the molecule is Cc1nc(CN2CCC3(CC2)OCC[C@](C)(NC(=O)c2cccnc2)[C@H]3O)no1. The lowest BCUT2D eigenvalue weighted by Gasteiger charge is -2.53. The van der Waals surface area contributed by atoms with Crippen LogP contribution in [0.2, 0.25) is 0 Å². The zero-order valence-corrected chi connectivity index (χ0v) is 16.8. The molecular weight excluding hydrogens is 374 g/mol. The normalized spacial score (nSPS) is 27.1. The number of aromatic nitrogens is 3. The van der Waals surface area contributed by atoms with E-state index in [-0.39, 0.29) is 5.91 Å². The van der Waals surface area contributed by atoms with Gasteiger partial charge in [0.25, 0.3) is 5.91 Å². The number of nitrogens with one attached hydrogen (secondary N) is 1. The van der Waals surface area contributed by atoms with Crippen LogP contribution in [0.25, 0.3) is 0 Å². The van der Waals surface area contributed by atoms with Crippen molar-refractivity contribution in [1.29, 1.82) is 0 Å². The second kappa shape index (κ2) is 7.81. The fourth-order valence-electron chi connectivity index (χ4n) is 4.33. The van der Waals surface area contributed by atoms with Crippen LogP contribution in [0.15, 0.2) is 29.0 Å². The van der Waals surface area contributed by atoms with Gasteiger partial charge in [-0.15, -0.1) is 0 Å². The Hall–Kier alpha value is -2.36. The maximum atomic E-state index is 12.7. The molecule has 2 aliphatic heterocycles. The minimum absolute atomic E-state index is 0.235. The van der Waals surface area contributed by atoms with Crippen LogP contribution < -0.4 is 5.32 Å². The highest BCUT2D eigenvalue weighted by Gasteiger charge is 2.53. The van der Waals surface area contributed by atoms with Gasteiger partial charge in [-0.25, -0.2) is 0 Å². The molecule has 0 unspecified atom stereocenters. The van der Waals surface area contributed by atoms with Gasteiger partial charge < -0.3 is 19.7 Å². The number of aryl methyl sites for hydroxylation is 1. The molecule has 9 nitrogen and oxygen atoms in total. The van der Waals surface area contributed by atoms with E-state index in [2.05, 4.69) is 25.3 Å². The van der Waals surface area contributed by atoms with Gasteiger partial charge in [-0.05, 0) is 38.3 Å². The van der Waals surface area contributed by atoms with Crippen LogP contribution in [0.3, 0.4) is 0 Å². The second-order valence-electron chi connectivity index (χ2n) is 8.18. The quantitative estimate of drug-likeness (QED) is 0.782. The van der Waals surface area contributed by atoms with Crippen LogP contribution in [-0.4, -0.2) is 68.0 Å². The lowest BCUT2D eigenvalue weighted by atomic mass is 9.73. The van der Waals surface area contributed by atoms with E-state index in [0.29, 0.717) is 49.7 Å². The summed E-state index contributed by atoms with van der Waals surface area (Å²) in [6.07, 6.45) is 4.23. The average Bonchev–Trinajstić information content (AvgIpc) is 3.13. The Balaban J connectivity index is 1.41. The molecule has 2 aromatic rings. The zero-order valence-electron chi connectivity index (χ0n) is 16.8. The molecule has 1 amide bonds. The molecule has 4 rings (SSSR count). The first-order chi connectivity index (χ1) is 13.9. The Morgan fingerprint density at radius 3 is 2.83 bits per heavy atom. The summed E-state index contributed by atoms with van der Waals surface area (Å²) in [5.74, 6) is 0.985. The number of aliphatic hydroxyl groups is 1. The molecule has 0 saturated carbocycles. The Morgan fingerprint density at radius 2 is 2.17 bits per heavy atom. The van der Waals surface area contributed by atoms with Gasteiger partial charge in [-0.3, -0.25) is 14.7 Å². The number of carbonyl (C=O) groups excluding carboxylic acids is 1. The highest BCUT2D eigenvalue weighted by Crippen LogP contribution is 2.40. The van der Waals surface area contributed by atoms with Crippen LogP contribution in [0, 0.1) is 6.92 Å². The van der Waals surface area contributed by atoms with Crippen molar-refractivity contribution < 1.29 is 19.2 Å². The van der Waals surface area contributed by atoms with Crippen LogP contribution in [0.1, 0.15) is 48.3 Å². The minimum Gasteiger partial charge on any atom is -0.388 e. The van der Waals surface area contributed by atoms with Gasteiger partial charge in [0.1, 0.15) is 6.10 Å². The molecule has 4 heterocycles. The molecule has 2 N–H and O–H groups in total. The predicted octanol–water partition coefficient (Wildman–Crippen LogP) is 1.08. The maximum Gasteiger partial charge on any atom is 0.253 e. The fourth-order valence-corrected chi connectivity index (χ4v) is 4.33. The van der Waals surface area contributed by atoms with E-state index in [4.69, 9.17) is 9.26 Å². The number of ether oxygens (including phenoxy) is 1. The molecule has 0 bridgehead atoms. The number of carbonyl (C=O) groups is 1. The van der Waals surface area contributed by atoms with E-state index in [1.807, 2.05) is 6.92 Å². The summed E-state index contributed by atoms with van der Waals surface area (Å²) >= 11 is 0. The third-order valence-electron chi connectivity index (χ3n) is 6.07. The Morgan fingerprint density at radius 1 is 1.38 bits per heavy atom. The lowest BCUT2D eigenvalue weighted by Crippen LogP contribution is -2.69. The summed E-state index contributed by atoms with van der Waals surface area (Å²) in [4.78, 5) is 23.1. The van der Waals surface area contributed by atoms with Crippen molar-refractivity contribution in [2.45, 2.75) is 56.9 Å². The topological polar surface area (TPSA) is 114 Å². The Bertz CT molecular complexity index is 850. The third-order valence-corrected chi connectivity index (χ3v) is 6.07. The molecule has 1 spiro atoms. The van der Waals surface area contributed by atoms with E-state index in [0.717, 1.165) is 13.1 Å². The monoisotopic (exact) mass is 401 g/mol. The predicted molar refractivity (Wildman–Crippen MR) is 103 cm³/mol. The Labute approximate surface area is 169 Å². The number of piperidine rings is 1. The smallest absolute Gasteiger partial charge is 0.253 e. The number of nitrogens with zero attached hydrogens (tertiary/aromatic N) is 4. The number of amides is 1. The molecule has 0 aliphatic carbocycles. The van der Waals surface area contributed by atoms with Gasteiger partial charge in [0, 0.05) is 39.0 Å². The maximum absolute atomic E-state index is 12.7. The molecule has 2 saturated heterocycles. The molecular formula is C20H27N5O4. The largest absolute Gasteiger partial charge is 0.388 e. The summed E-state index contributed by atoms with van der Waals surface area (Å²) in [5, 5.41) is 18.2. The Kier molecular flexibility index (Phi) is 5.37. The van der Waals surface area contributed by atoms with E-state index in [1.165, 1.54) is 6.20 Å². The summed E-state index contributed by atoms with van der Waals surface area (Å²) in [5.41, 5.74) is -0.955. The van der Waals surface area contributed by atoms with Crippen LogP contribution in [0.4, 0.5) is 0 Å². The highest BCUT2D eigenvalue weighted by atomic mass is 16.5. The molecule has 2 aliphatic rings. The van der Waals surface area contributed by atoms with Gasteiger partial charge in [-0.2, -0.15) is 4.98 Å². The zero-order chi connectivity index (χ0) is 20.5. The second-order valence-corrected chi connectivity index (χ2v) is 8.18. The molecule has 2 atom stereocenters. The van der Waals surface area contributed by atoms with Gasteiger partial charge in [0.05, 0.1) is 23.2 Å². The molecule has 29 heavy (non-hydrogen) atoms. The van der Waals surface area contributed by atoms with Crippen molar-refractivity contribution >= 4 is 5.91 Å². The number of aliphatic hydroxyl groups excluding tert-OH is 1. The van der Waals surface area contributed by atoms with Crippen molar-refractivity contribution in [3.8, 4) is 0 Å². The summed E-state index contributed by atoms with van der Waals surface area (Å²) in [7, 11) is 0. The molecule has 2 fully saturated rings. The van der Waals surface area contributed by atoms with Crippen LogP contribution in [-0.2, 0) is 11.3 Å². The third kappa shape index (κ3) is 4.03. The van der Waals surface area contributed by atoms with Crippen molar-refractivity contribution in [2.24, 2.45) is 0 Å². The number of likely N-dealkylation sites (tertiary alicyclic amines) is 1. The lowest BCUT2D eigenvalue weighted by molar-refractivity contribution is -0.206. The van der Waals surface area contributed by atoms with Gasteiger partial charge in [0.15, 0.2) is 5.82 Å². The standard InChI is InChI=1S/C20H27N5O4/c1-14-22-16(24-29-14)13-25-9-5-20(6-10-25)18(27)19(2,7-11-28-20)23-17(26)15-4-3-8-21-12-15/h3-4,8,12,18,27H,5-7,9-11,13H2,1-2H3,(H,23,26)/t18-,19+/m1/s1. The van der Waals surface area contributed by atoms with Gasteiger partial charge in [-0.1, -0.05) is 5.16 Å². The molecule has 2 aromatic heterocycles. The van der Waals surface area contributed by atoms with Crippen molar-refractivity contribution in [3.05, 3.63) is 41.8 Å². The van der Waals surface area contributed by atoms with Crippen molar-refractivity contribution in [2.75, 3.05) is 19.7 Å². The molecule has 0 radical (unpaired) electrons. The first kappa shape index (κ1) is 19.9. The number of rotatable bonds is 4. The molecule has 9 heteroatoms. The number of hydrogen-bond donors (Lipinski definition) is 2. The van der Waals surface area contributed by atoms with Crippen molar-refractivity contribution in [1.82, 2.24) is 25.3 Å². The van der Waals surface area contributed by atoms with Gasteiger partial charge in [0.2, 0.25) is 5.89 Å². The van der Waals surface area contributed by atoms with E-state index in [1.54, 1.807) is 25.3 Å². The minimum atomic E-state index is -0.807. The average molecular weight is 401 g/mol. The van der Waals surface area contributed by atoms with Crippen molar-refractivity contribution in [3.63, 3.8) is 0 Å². The summed E-state index contributed by atoms with van der Waals surface area (Å²) in [6, 6.07) is 3.44. The number of hydrogen-bond acceptors (Lipinski definition) is 8. The summed E-state index contributed by atoms with van der Waals surface area (Å²) < 4.78 is 11.2. The first-order valence-electron chi connectivity index (χ1n) is 9.96. The van der Waals surface area contributed by atoms with Crippen LogP contribution >= 0.6 is 0 Å². The van der Waals surface area contributed by atoms with Gasteiger partial charge >= 0.3 is 0 Å². The number of pyridine rings is 1. The van der Waals surface area contributed by atoms with E-state index >= 15 is 0 Å². The van der Waals surface area contributed by atoms with E-state index < -0.39 is 17.2 Å². The molecule has 156 valence electrons. The molecule has 0 aromatic carbocycles. The highest BCUT2D eigenvalue weighted by molar-refractivity contribution is 5.94.